The first kappa shape index (κ1) is 12.1. The predicted octanol–water partition coefficient (Wildman–Crippen LogP) is 3.18. The highest BCUT2D eigenvalue weighted by atomic mass is 79.9. The summed E-state index contributed by atoms with van der Waals surface area (Å²) < 4.78 is 8.46. The lowest BCUT2D eigenvalue weighted by Gasteiger charge is -2.09. The number of halogens is 1. The molecule has 17 heavy (non-hydrogen) atoms. The average molecular weight is 296 g/mol. The molecule has 1 atom stereocenters. The second-order valence-corrected chi connectivity index (χ2v) is 4.51. The highest BCUT2D eigenvalue weighted by Crippen LogP contribution is 2.28. The maximum absolute atomic E-state index is 5.73. The topological polar surface area (TPSA) is 39.1 Å². The van der Waals surface area contributed by atoms with E-state index in [1.54, 1.807) is 6.20 Å². The Kier molecular flexibility index (Phi) is 3.81. The van der Waals surface area contributed by atoms with Crippen LogP contribution in [0.1, 0.15) is 13.1 Å². The summed E-state index contributed by atoms with van der Waals surface area (Å²) in [5.74, 6) is 1.50. The second-order valence-electron chi connectivity index (χ2n) is 3.65. The molecule has 0 aliphatic carbocycles. The first-order valence-corrected chi connectivity index (χ1v) is 6.14. The Hall–Kier alpha value is -1.33. The zero-order valence-corrected chi connectivity index (χ0v) is 11.3. The smallest absolute Gasteiger partial charge is 0.165 e. The SMILES string of the molecule is CNC(C)n1cc(Oc2ccccc2Br)cn1. The fourth-order valence-electron chi connectivity index (χ4n) is 1.37. The van der Waals surface area contributed by atoms with Crippen molar-refractivity contribution in [3.8, 4) is 11.5 Å². The van der Waals surface area contributed by atoms with Crippen LogP contribution in [0.25, 0.3) is 0 Å². The van der Waals surface area contributed by atoms with Crippen LogP contribution in [-0.4, -0.2) is 16.8 Å². The number of aromatic nitrogens is 2. The maximum atomic E-state index is 5.73. The van der Waals surface area contributed by atoms with E-state index in [9.17, 15) is 0 Å². The van der Waals surface area contributed by atoms with Crippen molar-refractivity contribution in [3.05, 3.63) is 41.1 Å². The Balaban J connectivity index is 2.14. The van der Waals surface area contributed by atoms with Crippen molar-refractivity contribution in [1.29, 1.82) is 0 Å². The van der Waals surface area contributed by atoms with E-state index < -0.39 is 0 Å². The van der Waals surface area contributed by atoms with Crippen molar-refractivity contribution in [2.24, 2.45) is 0 Å². The van der Waals surface area contributed by atoms with Crippen LogP contribution in [0.2, 0.25) is 0 Å². The molecule has 90 valence electrons. The van der Waals surface area contributed by atoms with Crippen LogP contribution in [0.5, 0.6) is 11.5 Å². The summed E-state index contributed by atoms with van der Waals surface area (Å²) in [7, 11) is 1.89. The number of para-hydroxylation sites is 1. The van der Waals surface area contributed by atoms with Gasteiger partial charge in [-0.15, -0.1) is 0 Å². The van der Waals surface area contributed by atoms with Gasteiger partial charge in [0.1, 0.15) is 5.75 Å². The van der Waals surface area contributed by atoms with Gasteiger partial charge in [0.25, 0.3) is 0 Å². The van der Waals surface area contributed by atoms with Crippen molar-refractivity contribution < 1.29 is 4.74 Å². The average Bonchev–Trinajstić information content (AvgIpc) is 2.80. The van der Waals surface area contributed by atoms with Gasteiger partial charge >= 0.3 is 0 Å². The summed E-state index contributed by atoms with van der Waals surface area (Å²) in [4.78, 5) is 0. The molecule has 5 heteroatoms. The van der Waals surface area contributed by atoms with Gasteiger partial charge in [0.05, 0.1) is 23.0 Å². The van der Waals surface area contributed by atoms with Crippen molar-refractivity contribution in [2.75, 3.05) is 7.05 Å². The van der Waals surface area contributed by atoms with Crippen molar-refractivity contribution >= 4 is 15.9 Å². The van der Waals surface area contributed by atoms with Crippen molar-refractivity contribution in [1.82, 2.24) is 15.1 Å². The van der Waals surface area contributed by atoms with Gasteiger partial charge in [-0.05, 0) is 42.0 Å². The van der Waals surface area contributed by atoms with Gasteiger partial charge in [0, 0.05) is 0 Å². The number of nitrogens with one attached hydrogen (secondary N) is 1. The molecule has 0 aliphatic rings. The molecule has 1 unspecified atom stereocenters. The molecule has 1 aromatic heterocycles. The molecule has 2 aromatic rings. The summed E-state index contributed by atoms with van der Waals surface area (Å²) in [6, 6.07) is 7.73. The molecule has 1 heterocycles. The van der Waals surface area contributed by atoms with E-state index in [-0.39, 0.29) is 6.17 Å². The van der Waals surface area contributed by atoms with Gasteiger partial charge in [0.15, 0.2) is 5.75 Å². The largest absolute Gasteiger partial charge is 0.453 e. The fourth-order valence-corrected chi connectivity index (χ4v) is 1.74. The highest BCUT2D eigenvalue weighted by molar-refractivity contribution is 9.10. The van der Waals surface area contributed by atoms with E-state index >= 15 is 0 Å². The lowest BCUT2D eigenvalue weighted by Crippen LogP contribution is -2.19. The predicted molar refractivity (Wildman–Crippen MR) is 70.2 cm³/mol. The molecule has 1 aromatic carbocycles. The molecule has 0 aliphatic heterocycles. The Morgan fingerprint density at radius 3 is 2.88 bits per heavy atom. The molecule has 0 radical (unpaired) electrons. The molecule has 2 rings (SSSR count). The van der Waals surface area contributed by atoms with Gasteiger partial charge < -0.3 is 4.74 Å². The van der Waals surface area contributed by atoms with E-state index in [2.05, 4.69) is 26.3 Å². The summed E-state index contributed by atoms with van der Waals surface area (Å²) in [6.07, 6.45) is 3.71. The Morgan fingerprint density at radius 2 is 2.18 bits per heavy atom. The molecule has 0 fully saturated rings. The van der Waals surface area contributed by atoms with Gasteiger partial charge in [-0.3, -0.25) is 10.00 Å². The minimum absolute atomic E-state index is 0.145. The van der Waals surface area contributed by atoms with Crippen LogP contribution >= 0.6 is 15.9 Å². The molecule has 0 saturated heterocycles. The number of benzene rings is 1. The first-order chi connectivity index (χ1) is 8.20. The van der Waals surface area contributed by atoms with Crippen LogP contribution < -0.4 is 10.1 Å². The standard InChI is InChI=1S/C12H14BrN3O/c1-9(14-2)16-8-10(7-15-16)17-12-6-4-3-5-11(12)13/h3-9,14H,1-2H3. The maximum Gasteiger partial charge on any atom is 0.165 e. The van der Waals surface area contributed by atoms with Crippen LogP contribution in [0.15, 0.2) is 41.1 Å². The van der Waals surface area contributed by atoms with Crippen LogP contribution in [0, 0.1) is 0 Å². The van der Waals surface area contributed by atoms with E-state index in [4.69, 9.17) is 4.74 Å². The Morgan fingerprint density at radius 1 is 1.41 bits per heavy atom. The van der Waals surface area contributed by atoms with Gasteiger partial charge in [0.2, 0.25) is 0 Å². The van der Waals surface area contributed by atoms with Crippen molar-refractivity contribution in [2.45, 2.75) is 13.1 Å². The van der Waals surface area contributed by atoms with E-state index in [0.717, 1.165) is 16.0 Å². The number of ether oxygens (including phenoxy) is 1. The third kappa shape index (κ3) is 2.87. The first-order valence-electron chi connectivity index (χ1n) is 5.34. The number of nitrogens with zero attached hydrogens (tertiary/aromatic N) is 2. The van der Waals surface area contributed by atoms with Crippen molar-refractivity contribution in [3.63, 3.8) is 0 Å². The second kappa shape index (κ2) is 5.33. The number of hydrogen-bond acceptors (Lipinski definition) is 3. The van der Waals surface area contributed by atoms with Gasteiger partial charge in [-0.25, -0.2) is 0 Å². The Bertz CT molecular complexity index is 498. The zero-order chi connectivity index (χ0) is 12.3. The lowest BCUT2D eigenvalue weighted by atomic mass is 10.3. The molecular weight excluding hydrogens is 282 g/mol. The third-order valence-corrected chi connectivity index (χ3v) is 3.11. The van der Waals surface area contributed by atoms with E-state index in [0.29, 0.717) is 0 Å². The molecule has 0 bridgehead atoms. The normalized spacial score (nSPS) is 12.4. The molecule has 4 nitrogen and oxygen atoms in total. The van der Waals surface area contributed by atoms with E-state index in [1.165, 1.54) is 0 Å². The molecule has 1 N–H and O–H groups in total. The Labute approximate surface area is 109 Å². The number of hydrogen-bond donors (Lipinski definition) is 1. The van der Waals surface area contributed by atoms with Crippen LogP contribution in [0.4, 0.5) is 0 Å². The highest BCUT2D eigenvalue weighted by Gasteiger charge is 2.06. The molecule has 0 amide bonds. The third-order valence-electron chi connectivity index (χ3n) is 2.46. The lowest BCUT2D eigenvalue weighted by molar-refractivity contribution is 0.427. The summed E-state index contributed by atoms with van der Waals surface area (Å²) >= 11 is 3.44. The number of rotatable bonds is 4. The quantitative estimate of drug-likeness (QED) is 0.942. The zero-order valence-electron chi connectivity index (χ0n) is 9.72. The van der Waals surface area contributed by atoms with Crippen LogP contribution in [-0.2, 0) is 0 Å². The molecule has 0 spiro atoms. The summed E-state index contributed by atoms with van der Waals surface area (Å²) in [5, 5.41) is 7.33. The summed E-state index contributed by atoms with van der Waals surface area (Å²) in [6.45, 7) is 2.02. The van der Waals surface area contributed by atoms with Gasteiger partial charge in [-0.2, -0.15) is 5.10 Å². The molecule has 0 saturated carbocycles. The summed E-state index contributed by atoms with van der Waals surface area (Å²) in [5.41, 5.74) is 0. The van der Waals surface area contributed by atoms with Crippen LogP contribution in [0.3, 0.4) is 0 Å². The minimum atomic E-state index is 0.145. The molecular formula is C12H14BrN3O. The fraction of sp³-hybridized carbons (Fsp3) is 0.250. The van der Waals surface area contributed by atoms with E-state index in [1.807, 2.05) is 49.1 Å². The monoisotopic (exact) mass is 295 g/mol. The minimum Gasteiger partial charge on any atom is -0.453 e. The van der Waals surface area contributed by atoms with Gasteiger partial charge in [-0.1, -0.05) is 12.1 Å².